The molecule has 0 fully saturated rings. The number of amides is 1. The third kappa shape index (κ3) is 4.36. The zero-order valence-corrected chi connectivity index (χ0v) is 15.1. The third-order valence-electron chi connectivity index (χ3n) is 3.72. The van der Waals surface area contributed by atoms with Crippen molar-refractivity contribution < 1.29 is 4.79 Å². The van der Waals surface area contributed by atoms with Gasteiger partial charge in [0.1, 0.15) is 0 Å². The quantitative estimate of drug-likeness (QED) is 0.658. The Hall–Kier alpha value is -2.42. The van der Waals surface area contributed by atoms with E-state index in [9.17, 15) is 4.79 Å². The minimum Gasteiger partial charge on any atom is -0.354 e. The van der Waals surface area contributed by atoms with Gasteiger partial charge < -0.3 is 9.88 Å². The minimum absolute atomic E-state index is 0.0120. The van der Waals surface area contributed by atoms with Gasteiger partial charge >= 0.3 is 0 Å². The van der Waals surface area contributed by atoms with Crippen LogP contribution in [0.2, 0.25) is 0 Å². The number of aromatic nitrogens is 6. The number of tetrazole rings is 1. The maximum absolute atomic E-state index is 12.0. The van der Waals surface area contributed by atoms with Crippen molar-refractivity contribution in [3.8, 4) is 0 Å². The lowest BCUT2D eigenvalue weighted by Gasteiger charge is -2.08. The molecule has 0 radical (unpaired) electrons. The molecule has 3 rings (SSSR count). The van der Waals surface area contributed by atoms with Crippen LogP contribution in [-0.2, 0) is 17.1 Å². The van der Waals surface area contributed by atoms with Gasteiger partial charge in [0, 0.05) is 13.1 Å². The van der Waals surface area contributed by atoms with E-state index >= 15 is 0 Å². The van der Waals surface area contributed by atoms with Crippen LogP contribution in [0, 0.1) is 0 Å². The van der Waals surface area contributed by atoms with Crippen LogP contribution >= 0.6 is 11.8 Å². The summed E-state index contributed by atoms with van der Waals surface area (Å²) < 4.78 is 3.81. The van der Waals surface area contributed by atoms with Crippen LogP contribution in [0.5, 0.6) is 0 Å². The summed E-state index contributed by atoms with van der Waals surface area (Å²) in [6.45, 7) is 5.32. The molecular formula is C16H21N7OS. The summed E-state index contributed by atoms with van der Waals surface area (Å²) >= 11 is 1.51. The zero-order chi connectivity index (χ0) is 17.6. The Bertz CT molecular complexity index is 842. The molecule has 0 spiro atoms. The molecule has 25 heavy (non-hydrogen) atoms. The summed E-state index contributed by atoms with van der Waals surface area (Å²) in [7, 11) is 0. The van der Waals surface area contributed by atoms with Gasteiger partial charge in [-0.1, -0.05) is 12.1 Å². The lowest BCUT2D eigenvalue weighted by molar-refractivity contribution is -0.118. The fourth-order valence-electron chi connectivity index (χ4n) is 2.50. The first kappa shape index (κ1) is 17.4. The fourth-order valence-corrected chi connectivity index (χ4v) is 3.26. The summed E-state index contributed by atoms with van der Waals surface area (Å²) in [6.07, 6.45) is 1.80. The number of para-hydroxylation sites is 2. The topological polar surface area (TPSA) is 90.5 Å². The number of hydrogen-bond donors (Lipinski definition) is 1. The Morgan fingerprint density at radius 3 is 3.00 bits per heavy atom. The van der Waals surface area contributed by atoms with Gasteiger partial charge in [0.15, 0.2) is 5.82 Å². The SMILES string of the molecule is CC(C)n1nnnc1CSCC(=O)NCCn1cnc2ccccc21. The molecule has 3 aromatic rings. The second-order valence-electron chi connectivity index (χ2n) is 5.90. The van der Waals surface area contributed by atoms with Gasteiger partial charge in [0.2, 0.25) is 5.91 Å². The Morgan fingerprint density at radius 1 is 1.32 bits per heavy atom. The molecule has 1 aromatic carbocycles. The summed E-state index contributed by atoms with van der Waals surface area (Å²) in [4.78, 5) is 16.3. The first-order chi connectivity index (χ1) is 12.1. The molecule has 0 unspecified atom stereocenters. The van der Waals surface area contributed by atoms with Crippen molar-refractivity contribution in [3.05, 3.63) is 36.4 Å². The Kier molecular flexibility index (Phi) is 5.64. The van der Waals surface area contributed by atoms with Gasteiger partial charge in [-0.2, -0.15) is 0 Å². The van der Waals surface area contributed by atoms with Crippen molar-refractivity contribution in [2.45, 2.75) is 32.2 Å². The highest BCUT2D eigenvalue weighted by Crippen LogP contribution is 2.13. The van der Waals surface area contributed by atoms with Crippen LogP contribution in [0.3, 0.4) is 0 Å². The van der Waals surface area contributed by atoms with Gasteiger partial charge in [-0.15, -0.1) is 16.9 Å². The number of thioether (sulfide) groups is 1. The van der Waals surface area contributed by atoms with E-state index < -0.39 is 0 Å². The molecule has 2 aromatic heterocycles. The molecular weight excluding hydrogens is 338 g/mol. The van der Waals surface area contributed by atoms with Crippen LogP contribution in [0.15, 0.2) is 30.6 Å². The number of imidazole rings is 1. The zero-order valence-electron chi connectivity index (χ0n) is 14.3. The Balaban J connectivity index is 1.40. The van der Waals surface area contributed by atoms with E-state index in [4.69, 9.17) is 0 Å². The highest BCUT2D eigenvalue weighted by Gasteiger charge is 2.10. The van der Waals surface area contributed by atoms with Crippen molar-refractivity contribution in [3.63, 3.8) is 0 Å². The first-order valence-corrected chi connectivity index (χ1v) is 9.31. The van der Waals surface area contributed by atoms with E-state index in [0.717, 1.165) is 16.9 Å². The molecule has 0 saturated heterocycles. The third-order valence-corrected chi connectivity index (χ3v) is 4.65. The van der Waals surface area contributed by atoms with E-state index in [-0.39, 0.29) is 11.9 Å². The van der Waals surface area contributed by atoms with E-state index in [1.54, 1.807) is 11.0 Å². The van der Waals surface area contributed by atoms with Gasteiger partial charge in [0.25, 0.3) is 0 Å². The number of benzene rings is 1. The van der Waals surface area contributed by atoms with Gasteiger partial charge in [0.05, 0.1) is 34.9 Å². The summed E-state index contributed by atoms with van der Waals surface area (Å²) in [5.74, 6) is 1.80. The second kappa shape index (κ2) is 8.11. The van der Waals surface area contributed by atoms with E-state index in [1.807, 2.05) is 42.7 Å². The Morgan fingerprint density at radius 2 is 2.16 bits per heavy atom. The normalized spacial score (nSPS) is 11.3. The van der Waals surface area contributed by atoms with Crippen molar-refractivity contribution in [2.75, 3.05) is 12.3 Å². The highest BCUT2D eigenvalue weighted by molar-refractivity contribution is 7.99. The number of rotatable bonds is 8. The highest BCUT2D eigenvalue weighted by atomic mass is 32.2. The molecule has 8 nitrogen and oxygen atoms in total. The van der Waals surface area contributed by atoms with Gasteiger partial charge in [-0.05, 0) is 36.4 Å². The molecule has 0 aliphatic rings. The van der Waals surface area contributed by atoms with Crippen LogP contribution in [-0.4, -0.2) is 48.0 Å². The lowest BCUT2D eigenvalue weighted by Crippen LogP contribution is -2.28. The average molecular weight is 359 g/mol. The van der Waals surface area contributed by atoms with Crippen molar-refractivity contribution in [1.29, 1.82) is 0 Å². The number of fused-ring (bicyclic) bond motifs is 1. The van der Waals surface area contributed by atoms with Crippen LogP contribution in [0.1, 0.15) is 25.7 Å². The summed E-state index contributed by atoms with van der Waals surface area (Å²) in [5, 5.41) is 14.6. The van der Waals surface area contributed by atoms with Gasteiger partial charge in [-0.3, -0.25) is 4.79 Å². The summed E-state index contributed by atoms with van der Waals surface area (Å²) in [5.41, 5.74) is 2.04. The lowest BCUT2D eigenvalue weighted by atomic mass is 10.3. The number of nitrogens with one attached hydrogen (secondary N) is 1. The second-order valence-corrected chi connectivity index (χ2v) is 6.89. The molecule has 0 aliphatic heterocycles. The monoisotopic (exact) mass is 359 g/mol. The largest absolute Gasteiger partial charge is 0.354 e. The number of hydrogen-bond acceptors (Lipinski definition) is 6. The van der Waals surface area contributed by atoms with Crippen molar-refractivity contribution in [2.24, 2.45) is 0 Å². The predicted molar refractivity (Wildman–Crippen MR) is 97.1 cm³/mol. The van der Waals surface area contributed by atoms with Crippen molar-refractivity contribution >= 4 is 28.7 Å². The molecule has 9 heteroatoms. The number of nitrogens with zero attached hydrogens (tertiary/aromatic N) is 6. The maximum Gasteiger partial charge on any atom is 0.230 e. The van der Waals surface area contributed by atoms with E-state index in [0.29, 0.717) is 24.6 Å². The van der Waals surface area contributed by atoms with Gasteiger partial charge in [-0.25, -0.2) is 9.67 Å². The Labute approximate surface area is 150 Å². The minimum atomic E-state index is 0.0120. The molecule has 0 atom stereocenters. The molecule has 1 amide bonds. The number of carbonyl (C=O) groups excluding carboxylic acids is 1. The number of carbonyl (C=O) groups is 1. The molecule has 0 saturated carbocycles. The molecule has 0 bridgehead atoms. The van der Waals surface area contributed by atoms with Crippen LogP contribution in [0.4, 0.5) is 0 Å². The molecule has 132 valence electrons. The van der Waals surface area contributed by atoms with Crippen molar-refractivity contribution in [1.82, 2.24) is 35.1 Å². The van der Waals surface area contributed by atoms with E-state index in [1.165, 1.54) is 11.8 Å². The molecule has 1 N–H and O–H groups in total. The summed E-state index contributed by atoms with van der Waals surface area (Å²) in [6, 6.07) is 8.17. The van der Waals surface area contributed by atoms with Crippen LogP contribution in [0.25, 0.3) is 11.0 Å². The molecule has 2 heterocycles. The predicted octanol–water partition coefficient (Wildman–Crippen LogP) is 1.65. The molecule has 0 aliphatic carbocycles. The smallest absolute Gasteiger partial charge is 0.230 e. The van der Waals surface area contributed by atoms with E-state index in [2.05, 4.69) is 25.8 Å². The average Bonchev–Trinajstić information content (AvgIpc) is 3.22. The fraction of sp³-hybridized carbons (Fsp3) is 0.438. The van der Waals surface area contributed by atoms with Crippen LogP contribution < -0.4 is 5.32 Å². The maximum atomic E-state index is 12.0. The standard InChI is InChI=1S/C16H21N7OS/c1-12(2)23-15(19-20-21-23)9-25-10-16(24)17-7-8-22-11-18-13-5-3-4-6-14(13)22/h3-6,11-12H,7-10H2,1-2H3,(H,17,24). The first-order valence-electron chi connectivity index (χ1n) is 8.16.